The molecule has 1 aliphatic carbocycles. The molecule has 1 rings (SSSR count). The Balaban J connectivity index is 2.51. The third-order valence-electron chi connectivity index (χ3n) is 4.50. The summed E-state index contributed by atoms with van der Waals surface area (Å²) in [5.74, 6) is -1.90. The lowest BCUT2D eigenvalue weighted by molar-refractivity contribution is -0.137. The van der Waals surface area contributed by atoms with Crippen LogP contribution in [0.25, 0.3) is 0 Å². The molecule has 1 fully saturated rings. The van der Waals surface area contributed by atoms with Crippen molar-refractivity contribution in [2.45, 2.75) is 51.3 Å². The Labute approximate surface area is 145 Å². The summed E-state index contributed by atoms with van der Waals surface area (Å²) in [6, 6.07) is 0. The van der Waals surface area contributed by atoms with Crippen LogP contribution in [0.15, 0.2) is 11.6 Å². The van der Waals surface area contributed by atoms with Gasteiger partial charge in [-0.25, -0.2) is 4.79 Å². The van der Waals surface area contributed by atoms with Gasteiger partial charge in [0.2, 0.25) is 5.91 Å². The Kier molecular flexibility index (Phi) is 6.86. The quantitative estimate of drug-likeness (QED) is 0.249. The van der Waals surface area contributed by atoms with Crippen LogP contribution in [0.1, 0.15) is 46.0 Å². The number of allylic oxidation sites excluding steroid dienone is 1. The van der Waals surface area contributed by atoms with Crippen molar-refractivity contribution in [1.82, 2.24) is 0 Å². The highest BCUT2D eigenvalue weighted by atomic mass is 32.2. The molecule has 1 aliphatic rings. The smallest absolute Gasteiger partial charge is 0.332 e. The molecule has 2 atom stereocenters. The van der Waals surface area contributed by atoms with Gasteiger partial charge in [0, 0.05) is 5.57 Å². The van der Waals surface area contributed by atoms with Gasteiger partial charge in [-0.1, -0.05) is 19.9 Å². The van der Waals surface area contributed by atoms with E-state index in [4.69, 9.17) is 16.6 Å². The molecule has 8 heteroatoms. The average molecular weight is 358 g/mol. The highest BCUT2D eigenvalue weighted by Gasteiger charge is 2.68. The van der Waals surface area contributed by atoms with Crippen LogP contribution in [-0.4, -0.2) is 39.2 Å². The number of carboxylic acid groups (broad SMARTS) is 2. The van der Waals surface area contributed by atoms with Crippen molar-refractivity contribution in [1.29, 1.82) is 0 Å². The summed E-state index contributed by atoms with van der Waals surface area (Å²) in [4.78, 5) is 33.8. The van der Waals surface area contributed by atoms with Gasteiger partial charge in [-0.2, -0.15) is 0 Å². The zero-order valence-corrected chi connectivity index (χ0v) is 14.9. The zero-order chi connectivity index (χ0) is 18.5. The highest BCUT2D eigenvalue weighted by Crippen LogP contribution is 2.67. The fourth-order valence-corrected chi connectivity index (χ4v) is 3.97. The third-order valence-corrected chi connectivity index (χ3v) is 5.62. The van der Waals surface area contributed by atoms with Crippen molar-refractivity contribution in [2.24, 2.45) is 22.3 Å². The fraction of sp³-hybridized carbons (Fsp3) is 0.688. The van der Waals surface area contributed by atoms with E-state index in [9.17, 15) is 19.5 Å². The van der Waals surface area contributed by atoms with Crippen LogP contribution < -0.4 is 11.5 Å². The summed E-state index contributed by atoms with van der Waals surface area (Å²) in [6.45, 7) is 3.68. The molecule has 0 saturated heterocycles. The minimum atomic E-state index is -1.10. The number of thioether (sulfide) groups is 1. The van der Waals surface area contributed by atoms with Gasteiger partial charge in [-0.05, 0) is 36.9 Å². The molecule has 7 nitrogen and oxygen atoms in total. The van der Waals surface area contributed by atoms with Gasteiger partial charge in [-0.15, -0.1) is 11.8 Å². The molecule has 0 radical (unpaired) electrons. The summed E-state index contributed by atoms with van der Waals surface area (Å²) in [5.41, 5.74) is 9.70. The second-order valence-electron chi connectivity index (χ2n) is 6.76. The van der Waals surface area contributed by atoms with Crippen LogP contribution in [0.3, 0.4) is 0 Å². The first kappa shape index (κ1) is 20.5. The van der Waals surface area contributed by atoms with Gasteiger partial charge in [0.25, 0.3) is 0 Å². The maximum Gasteiger partial charge on any atom is 0.332 e. The van der Waals surface area contributed by atoms with Crippen LogP contribution in [0.5, 0.6) is 0 Å². The summed E-state index contributed by atoms with van der Waals surface area (Å²) < 4.78 is 0. The van der Waals surface area contributed by atoms with Crippen LogP contribution >= 0.6 is 11.8 Å². The Morgan fingerprint density at radius 2 is 1.83 bits per heavy atom. The molecule has 0 aliphatic heterocycles. The normalized spacial score (nSPS) is 23.5. The second-order valence-corrected chi connectivity index (χ2v) is 8.10. The van der Waals surface area contributed by atoms with Crippen LogP contribution in [0.2, 0.25) is 0 Å². The molecule has 0 aromatic heterocycles. The van der Waals surface area contributed by atoms with E-state index in [0.29, 0.717) is 18.6 Å². The van der Waals surface area contributed by atoms with Crippen LogP contribution in [0.4, 0.5) is 0 Å². The summed E-state index contributed by atoms with van der Waals surface area (Å²) in [7, 11) is 0. The lowest BCUT2D eigenvalue weighted by atomic mass is 9.86. The molecule has 0 aromatic carbocycles. The van der Waals surface area contributed by atoms with Crippen molar-refractivity contribution < 1.29 is 24.6 Å². The van der Waals surface area contributed by atoms with Gasteiger partial charge >= 0.3 is 11.9 Å². The average Bonchev–Trinajstić information content (AvgIpc) is 3.00. The predicted octanol–water partition coefficient (Wildman–Crippen LogP) is 1.56. The minimum Gasteiger partial charge on any atom is -0.481 e. The molecule has 2 unspecified atom stereocenters. The Morgan fingerprint density at radius 1 is 1.25 bits per heavy atom. The number of rotatable bonds is 11. The monoisotopic (exact) mass is 358 g/mol. The fourth-order valence-electron chi connectivity index (χ4n) is 3.03. The molecular formula is C16H26N2O5S. The Bertz CT molecular complexity index is 547. The summed E-state index contributed by atoms with van der Waals surface area (Å²) in [5, 5.41) is 17.6. The van der Waals surface area contributed by atoms with E-state index >= 15 is 0 Å². The number of amides is 1. The van der Waals surface area contributed by atoms with E-state index in [2.05, 4.69) is 0 Å². The molecular weight excluding hydrogens is 332 g/mol. The van der Waals surface area contributed by atoms with Crippen molar-refractivity contribution in [2.75, 3.05) is 5.75 Å². The van der Waals surface area contributed by atoms with Gasteiger partial charge < -0.3 is 21.7 Å². The number of aliphatic carboxylic acids is 2. The van der Waals surface area contributed by atoms with E-state index in [1.54, 1.807) is 6.08 Å². The number of carboxylic acids is 2. The van der Waals surface area contributed by atoms with E-state index in [1.165, 1.54) is 11.8 Å². The van der Waals surface area contributed by atoms with E-state index in [1.807, 2.05) is 13.8 Å². The SMILES string of the molecule is CC1(C)CC1(C(N)=O)C(=CCCCCSC(N)CC(=O)O)C(=O)O. The Morgan fingerprint density at radius 3 is 2.25 bits per heavy atom. The number of hydrogen-bond acceptors (Lipinski definition) is 5. The van der Waals surface area contributed by atoms with E-state index < -0.39 is 34.0 Å². The molecule has 0 heterocycles. The minimum absolute atomic E-state index is 0.0794. The van der Waals surface area contributed by atoms with Gasteiger partial charge in [0.05, 0.1) is 17.2 Å². The lowest BCUT2D eigenvalue weighted by Gasteiger charge is -2.18. The standard InChI is InChI=1S/C16H26N2O5S/c1-15(2)9-16(15,14(18)23)10(13(21)22)6-4-3-5-7-24-11(17)8-12(19)20/h6,11H,3-5,7-9,17H2,1-2H3,(H2,18,23)(H,19,20)(H,21,22). The van der Waals surface area contributed by atoms with E-state index in [-0.39, 0.29) is 12.0 Å². The number of primary amides is 1. The van der Waals surface area contributed by atoms with Crippen molar-refractivity contribution in [3.05, 3.63) is 11.6 Å². The first-order valence-electron chi connectivity index (χ1n) is 7.87. The molecule has 24 heavy (non-hydrogen) atoms. The molecule has 1 amide bonds. The van der Waals surface area contributed by atoms with Crippen molar-refractivity contribution in [3.63, 3.8) is 0 Å². The number of nitrogens with two attached hydrogens (primary N) is 2. The maximum atomic E-state index is 11.8. The summed E-state index contributed by atoms with van der Waals surface area (Å²) >= 11 is 1.38. The van der Waals surface area contributed by atoms with Gasteiger partial charge in [0.1, 0.15) is 0 Å². The number of hydrogen-bond donors (Lipinski definition) is 4. The number of carbonyl (C=O) groups excluding carboxylic acids is 1. The molecule has 0 aromatic rings. The third kappa shape index (κ3) is 4.73. The summed E-state index contributed by atoms with van der Waals surface area (Å²) in [6.07, 6.45) is 4.02. The van der Waals surface area contributed by atoms with Gasteiger partial charge in [0.15, 0.2) is 0 Å². The van der Waals surface area contributed by atoms with Crippen molar-refractivity contribution >= 4 is 29.6 Å². The lowest BCUT2D eigenvalue weighted by Crippen LogP contribution is -2.33. The molecule has 0 spiro atoms. The first-order valence-corrected chi connectivity index (χ1v) is 8.92. The number of unbranched alkanes of at least 4 members (excludes halogenated alkanes) is 2. The maximum absolute atomic E-state index is 11.8. The first-order chi connectivity index (χ1) is 11.0. The largest absolute Gasteiger partial charge is 0.481 e. The molecule has 1 saturated carbocycles. The predicted molar refractivity (Wildman–Crippen MR) is 92.3 cm³/mol. The zero-order valence-electron chi connectivity index (χ0n) is 14.1. The molecule has 0 bridgehead atoms. The Hall–Kier alpha value is -1.54. The van der Waals surface area contributed by atoms with Gasteiger partial charge in [-0.3, -0.25) is 9.59 Å². The van der Waals surface area contributed by atoms with Crippen LogP contribution in [-0.2, 0) is 14.4 Å². The topological polar surface area (TPSA) is 144 Å². The molecule has 6 N–H and O–H groups in total. The number of carbonyl (C=O) groups is 3. The molecule has 136 valence electrons. The second kappa shape index (κ2) is 8.02. The van der Waals surface area contributed by atoms with Crippen LogP contribution in [0, 0.1) is 10.8 Å². The highest BCUT2D eigenvalue weighted by molar-refractivity contribution is 7.99. The van der Waals surface area contributed by atoms with Crippen molar-refractivity contribution in [3.8, 4) is 0 Å². The van der Waals surface area contributed by atoms with E-state index in [0.717, 1.165) is 12.8 Å².